The van der Waals surface area contributed by atoms with Gasteiger partial charge in [-0.15, -0.1) is 0 Å². The van der Waals surface area contributed by atoms with Crippen LogP contribution < -0.4 is 0 Å². The minimum Gasteiger partial charge on any atom is -0.462 e. The van der Waals surface area contributed by atoms with Crippen LogP contribution in [0.15, 0.2) is 37.5 Å². The van der Waals surface area contributed by atoms with Crippen LogP contribution in [0.2, 0.25) is 0 Å². The van der Waals surface area contributed by atoms with Gasteiger partial charge >= 0.3 is 17.9 Å². The quantitative estimate of drug-likeness (QED) is 0.334. The third kappa shape index (κ3) is 4.46. The molecule has 6 heteroatoms. The van der Waals surface area contributed by atoms with E-state index in [1.807, 2.05) is 0 Å². The summed E-state index contributed by atoms with van der Waals surface area (Å²) in [6.07, 6.45) is 7.70. The third-order valence-corrected chi connectivity index (χ3v) is 6.65. The zero-order valence-electron chi connectivity index (χ0n) is 17.2. The predicted molar refractivity (Wildman–Crippen MR) is 107 cm³/mol. The summed E-state index contributed by atoms with van der Waals surface area (Å²) in [7, 11) is 0. The lowest BCUT2D eigenvalue weighted by Gasteiger charge is -2.66. The van der Waals surface area contributed by atoms with Crippen molar-refractivity contribution in [2.45, 2.75) is 45.4 Å². The molecule has 2 atom stereocenters. The maximum atomic E-state index is 12.0. The van der Waals surface area contributed by atoms with Gasteiger partial charge in [-0.25, -0.2) is 14.4 Å². The highest BCUT2D eigenvalue weighted by molar-refractivity contribution is 5.87. The van der Waals surface area contributed by atoms with E-state index in [1.54, 1.807) is 6.92 Å². The predicted octanol–water partition coefficient (Wildman–Crippen LogP) is 3.52. The largest absolute Gasteiger partial charge is 0.462 e. The normalized spacial score (nSPS) is 34.2. The molecule has 4 saturated carbocycles. The van der Waals surface area contributed by atoms with Crippen LogP contribution in [-0.4, -0.2) is 37.7 Å². The molecular formula is C23H30O6. The maximum Gasteiger partial charge on any atom is 0.333 e. The van der Waals surface area contributed by atoms with Crippen molar-refractivity contribution in [3.8, 4) is 0 Å². The molecule has 4 bridgehead atoms. The van der Waals surface area contributed by atoms with E-state index in [1.165, 1.54) is 12.2 Å². The Balaban J connectivity index is 1.84. The highest BCUT2D eigenvalue weighted by atomic mass is 16.5. The lowest BCUT2D eigenvalue weighted by molar-refractivity contribution is -0.210. The molecule has 0 amide bonds. The van der Waals surface area contributed by atoms with Gasteiger partial charge in [0.05, 0.1) is 19.8 Å². The first-order chi connectivity index (χ1) is 13.6. The molecule has 0 heterocycles. The number of carbonyl (C=O) groups is 3. The average Bonchev–Trinajstić information content (AvgIpc) is 2.67. The van der Waals surface area contributed by atoms with Gasteiger partial charge < -0.3 is 14.2 Å². The van der Waals surface area contributed by atoms with Crippen molar-refractivity contribution in [1.29, 1.82) is 0 Å². The number of carbonyl (C=O) groups excluding carboxylic acids is 3. The van der Waals surface area contributed by atoms with Crippen molar-refractivity contribution in [2.75, 3.05) is 19.8 Å². The van der Waals surface area contributed by atoms with Crippen molar-refractivity contribution in [1.82, 2.24) is 0 Å². The van der Waals surface area contributed by atoms with Gasteiger partial charge in [-0.2, -0.15) is 0 Å². The summed E-state index contributed by atoms with van der Waals surface area (Å²) in [5.41, 5.74) is -0.229. The van der Waals surface area contributed by atoms with E-state index >= 15 is 0 Å². The summed E-state index contributed by atoms with van der Waals surface area (Å²) >= 11 is 0. The van der Waals surface area contributed by atoms with Crippen molar-refractivity contribution in [2.24, 2.45) is 22.2 Å². The Morgan fingerprint density at radius 3 is 1.55 bits per heavy atom. The molecule has 0 radical (unpaired) electrons. The third-order valence-electron chi connectivity index (χ3n) is 6.65. The molecule has 29 heavy (non-hydrogen) atoms. The van der Waals surface area contributed by atoms with Crippen LogP contribution in [0.3, 0.4) is 0 Å². The number of hydrogen-bond donors (Lipinski definition) is 0. The van der Waals surface area contributed by atoms with E-state index in [9.17, 15) is 14.4 Å². The average molecular weight is 402 g/mol. The Morgan fingerprint density at radius 2 is 1.21 bits per heavy atom. The topological polar surface area (TPSA) is 78.9 Å². The van der Waals surface area contributed by atoms with Crippen LogP contribution in [0.25, 0.3) is 0 Å². The van der Waals surface area contributed by atoms with Crippen LogP contribution >= 0.6 is 0 Å². The minimum atomic E-state index is -0.435. The molecule has 4 rings (SSSR count). The molecule has 6 nitrogen and oxygen atoms in total. The van der Waals surface area contributed by atoms with E-state index in [4.69, 9.17) is 14.2 Å². The van der Waals surface area contributed by atoms with Gasteiger partial charge in [0, 0.05) is 34.0 Å². The van der Waals surface area contributed by atoms with Gasteiger partial charge in [0.15, 0.2) is 0 Å². The number of rotatable bonds is 9. The lowest BCUT2D eigenvalue weighted by Crippen LogP contribution is -2.61. The monoisotopic (exact) mass is 402 g/mol. The summed E-state index contributed by atoms with van der Waals surface area (Å²) in [6, 6.07) is 0. The van der Waals surface area contributed by atoms with Crippen molar-refractivity contribution < 1.29 is 28.6 Å². The summed E-state index contributed by atoms with van der Waals surface area (Å²) in [5, 5.41) is 0. The van der Waals surface area contributed by atoms with Crippen molar-refractivity contribution >= 4 is 17.9 Å². The van der Waals surface area contributed by atoms with E-state index in [0.717, 1.165) is 38.5 Å². The van der Waals surface area contributed by atoms with Crippen LogP contribution in [0.1, 0.15) is 45.4 Å². The van der Waals surface area contributed by atoms with Crippen LogP contribution in [0, 0.1) is 22.2 Å². The Labute approximate surface area is 172 Å². The summed E-state index contributed by atoms with van der Waals surface area (Å²) < 4.78 is 16.5. The zero-order valence-corrected chi connectivity index (χ0v) is 17.2. The molecule has 0 aliphatic heterocycles. The Bertz CT molecular complexity index is 710. The van der Waals surface area contributed by atoms with E-state index < -0.39 is 11.9 Å². The zero-order chi connectivity index (χ0) is 21.3. The Kier molecular flexibility index (Phi) is 5.74. The Hall–Kier alpha value is -2.37. The van der Waals surface area contributed by atoms with Gasteiger partial charge in [-0.1, -0.05) is 19.7 Å². The first-order valence-corrected chi connectivity index (χ1v) is 10.1. The first kappa shape index (κ1) is 21.3. The summed E-state index contributed by atoms with van der Waals surface area (Å²) in [4.78, 5) is 35.4. The van der Waals surface area contributed by atoms with E-state index in [2.05, 4.69) is 19.7 Å². The number of ether oxygens (including phenoxy) is 3. The first-order valence-electron chi connectivity index (χ1n) is 10.1. The van der Waals surface area contributed by atoms with Crippen LogP contribution in [0.5, 0.6) is 0 Å². The Morgan fingerprint density at radius 1 is 0.828 bits per heavy atom. The number of hydrogen-bond acceptors (Lipinski definition) is 6. The molecule has 4 aliphatic carbocycles. The van der Waals surface area contributed by atoms with Crippen LogP contribution in [-0.2, 0) is 28.6 Å². The summed E-state index contributed by atoms with van der Waals surface area (Å²) in [5.74, 6) is -0.842. The second-order valence-electron chi connectivity index (χ2n) is 9.49. The highest BCUT2D eigenvalue weighted by Crippen LogP contribution is 2.70. The van der Waals surface area contributed by atoms with Gasteiger partial charge in [-0.3, -0.25) is 0 Å². The standard InChI is InChI=1S/C23H30O6/c1-5-18(24)27-13-21-7-17-8-22(10-21,14-28-19(25)6-2)12-23(9-17,11-21)15-29-20(26)16(3)4/h5-6,17H,1-3,7-15H2,4H3. The summed E-state index contributed by atoms with van der Waals surface area (Å²) in [6.45, 7) is 13.2. The molecule has 2 unspecified atom stereocenters. The molecule has 0 spiro atoms. The highest BCUT2D eigenvalue weighted by Gasteiger charge is 2.64. The van der Waals surface area contributed by atoms with Gasteiger partial charge in [0.2, 0.25) is 0 Å². The van der Waals surface area contributed by atoms with Gasteiger partial charge in [0.1, 0.15) is 0 Å². The molecule has 0 N–H and O–H groups in total. The van der Waals surface area contributed by atoms with Crippen molar-refractivity contribution in [3.05, 3.63) is 37.5 Å². The molecule has 0 saturated heterocycles. The fourth-order valence-corrected chi connectivity index (χ4v) is 6.45. The van der Waals surface area contributed by atoms with Gasteiger partial charge in [0.25, 0.3) is 0 Å². The fraction of sp³-hybridized carbons (Fsp3) is 0.609. The SMILES string of the molecule is C=CC(=O)OCC12CC3CC(COC(=O)C=C)(C1)CC(COC(=O)C(=C)C)(C3)C2. The molecule has 158 valence electrons. The molecule has 0 aromatic carbocycles. The molecule has 0 aromatic rings. The van der Waals surface area contributed by atoms with Crippen LogP contribution in [0.4, 0.5) is 0 Å². The second-order valence-corrected chi connectivity index (χ2v) is 9.49. The second kappa shape index (κ2) is 7.81. The lowest BCUT2D eigenvalue weighted by atomic mass is 9.40. The molecular weight excluding hydrogens is 372 g/mol. The van der Waals surface area contributed by atoms with E-state index in [0.29, 0.717) is 31.3 Å². The smallest absolute Gasteiger partial charge is 0.333 e. The maximum absolute atomic E-state index is 12.0. The van der Waals surface area contributed by atoms with Gasteiger partial charge in [-0.05, 0) is 51.4 Å². The minimum absolute atomic E-state index is 0.200. The molecule has 4 aliphatic rings. The van der Waals surface area contributed by atoms with E-state index in [-0.39, 0.29) is 22.2 Å². The van der Waals surface area contributed by atoms with Crippen molar-refractivity contribution in [3.63, 3.8) is 0 Å². The number of esters is 3. The fourth-order valence-electron chi connectivity index (χ4n) is 6.45. The molecule has 0 aromatic heterocycles. The molecule has 4 fully saturated rings.